The first-order chi connectivity index (χ1) is 14.0. The minimum absolute atomic E-state index is 0.228. The van der Waals surface area contributed by atoms with Crippen molar-refractivity contribution in [2.45, 2.75) is 38.5 Å². The van der Waals surface area contributed by atoms with Crippen molar-refractivity contribution >= 4 is 5.91 Å². The number of carbonyl (C=O) groups is 1. The van der Waals surface area contributed by atoms with Crippen molar-refractivity contribution in [2.75, 3.05) is 27.3 Å². The number of carbonyl (C=O) groups excluding carboxylic acids is 1. The highest BCUT2D eigenvalue weighted by molar-refractivity contribution is 5.86. The Labute approximate surface area is 172 Å². The molecule has 156 valence electrons. The van der Waals surface area contributed by atoms with E-state index in [9.17, 15) is 9.90 Å². The number of nitrogens with zero attached hydrogens (tertiary/aromatic N) is 1. The number of nitrogens with one attached hydrogen (secondary N) is 1. The normalized spacial score (nSPS) is 19.3. The molecule has 1 aliphatic rings. The second kappa shape index (κ2) is 9.29. The fourth-order valence-electron chi connectivity index (χ4n) is 3.90. The Morgan fingerprint density at radius 3 is 2.69 bits per heavy atom. The predicted molar refractivity (Wildman–Crippen MR) is 112 cm³/mol. The monoisotopic (exact) mass is 398 g/mol. The summed E-state index contributed by atoms with van der Waals surface area (Å²) in [6.07, 6.45) is 1.21. The fraction of sp³-hybridized carbons (Fsp3) is 0.435. The van der Waals surface area contributed by atoms with Crippen LogP contribution in [-0.4, -0.2) is 48.8 Å². The van der Waals surface area contributed by atoms with Crippen LogP contribution in [-0.2, 0) is 17.9 Å². The molecule has 1 amide bonds. The minimum atomic E-state index is -1.39. The van der Waals surface area contributed by atoms with Crippen LogP contribution in [0.4, 0.5) is 0 Å². The largest absolute Gasteiger partial charge is 0.493 e. The molecule has 1 fully saturated rings. The first-order valence-corrected chi connectivity index (χ1v) is 9.95. The molecule has 29 heavy (non-hydrogen) atoms. The van der Waals surface area contributed by atoms with Crippen LogP contribution in [0.2, 0.25) is 0 Å². The van der Waals surface area contributed by atoms with Gasteiger partial charge in [0.25, 0.3) is 5.91 Å². The Hall–Kier alpha value is -2.57. The molecule has 6 nitrogen and oxygen atoms in total. The number of para-hydroxylation sites is 1. The topological polar surface area (TPSA) is 71.0 Å². The second-order valence-corrected chi connectivity index (χ2v) is 7.61. The van der Waals surface area contributed by atoms with Gasteiger partial charge in [-0.15, -0.1) is 0 Å². The van der Waals surface area contributed by atoms with Gasteiger partial charge in [-0.3, -0.25) is 4.79 Å². The molecule has 6 heteroatoms. The van der Waals surface area contributed by atoms with E-state index in [1.54, 1.807) is 19.1 Å². The van der Waals surface area contributed by atoms with Crippen molar-refractivity contribution < 1.29 is 19.4 Å². The van der Waals surface area contributed by atoms with Gasteiger partial charge in [0, 0.05) is 31.7 Å². The first kappa shape index (κ1) is 21.1. The predicted octanol–water partition coefficient (Wildman–Crippen LogP) is 2.66. The highest BCUT2D eigenvalue weighted by Crippen LogP contribution is 2.33. The van der Waals surface area contributed by atoms with Crippen molar-refractivity contribution in [2.24, 2.45) is 0 Å². The second-order valence-electron chi connectivity index (χ2n) is 7.61. The van der Waals surface area contributed by atoms with Gasteiger partial charge in [0.2, 0.25) is 0 Å². The molecule has 3 rings (SSSR count). The lowest BCUT2D eigenvalue weighted by Crippen LogP contribution is -2.57. The third-order valence-corrected chi connectivity index (χ3v) is 5.38. The molecule has 0 aromatic heterocycles. The van der Waals surface area contributed by atoms with Crippen LogP contribution in [0.5, 0.6) is 11.5 Å². The van der Waals surface area contributed by atoms with E-state index in [-0.39, 0.29) is 12.5 Å². The molecule has 1 heterocycles. The number of methoxy groups -OCH3 is 2. The third kappa shape index (κ3) is 4.89. The van der Waals surface area contributed by atoms with E-state index in [4.69, 9.17) is 9.47 Å². The van der Waals surface area contributed by atoms with Gasteiger partial charge in [-0.25, -0.2) is 0 Å². The molecule has 0 aliphatic carbocycles. The van der Waals surface area contributed by atoms with Gasteiger partial charge in [-0.2, -0.15) is 0 Å². The van der Waals surface area contributed by atoms with E-state index in [0.29, 0.717) is 37.6 Å². The summed E-state index contributed by atoms with van der Waals surface area (Å²) in [5.74, 6) is 1.00. The van der Waals surface area contributed by atoms with Gasteiger partial charge in [0.05, 0.1) is 14.2 Å². The Morgan fingerprint density at radius 2 is 1.97 bits per heavy atom. The van der Waals surface area contributed by atoms with Crippen LogP contribution < -0.4 is 14.8 Å². The number of hydrogen-bond acceptors (Lipinski definition) is 5. The molecule has 0 radical (unpaired) electrons. The zero-order chi connectivity index (χ0) is 20.9. The summed E-state index contributed by atoms with van der Waals surface area (Å²) < 4.78 is 10.8. The summed E-state index contributed by atoms with van der Waals surface area (Å²) >= 11 is 0. The summed E-state index contributed by atoms with van der Waals surface area (Å²) in [7, 11) is 3.18. The smallest absolute Gasteiger partial charge is 0.256 e. The number of likely N-dealkylation sites (tertiary alicyclic amines) is 1. The Balaban J connectivity index is 1.66. The number of rotatable bonds is 8. The highest BCUT2D eigenvalue weighted by atomic mass is 16.5. The number of hydrogen-bond donors (Lipinski definition) is 2. The van der Waals surface area contributed by atoms with E-state index in [2.05, 4.69) is 11.4 Å². The van der Waals surface area contributed by atoms with Crippen molar-refractivity contribution in [1.82, 2.24) is 10.2 Å². The number of ether oxygens (including phenoxy) is 2. The minimum Gasteiger partial charge on any atom is -0.493 e. The molecule has 0 saturated carbocycles. The maximum atomic E-state index is 13.1. The maximum Gasteiger partial charge on any atom is 0.256 e. The summed E-state index contributed by atoms with van der Waals surface area (Å²) in [6, 6.07) is 13.8. The molecule has 1 atom stereocenters. The molecule has 2 aromatic carbocycles. The third-order valence-electron chi connectivity index (χ3n) is 5.38. The van der Waals surface area contributed by atoms with E-state index in [1.807, 2.05) is 43.3 Å². The summed E-state index contributed by atoms with van der Waals surface area (Å²) in [4.78, 5) is 14.8. The lowest BCUT2D eigenvalue weighted by molar-refractivity contribution is -0.157. The molecule has 0 bridgehead atoms. The summed E-state index contributed by atoms with van der Waals surface area (Å²) in [5, 5.41) is 14.3. The fourth-order valence-corrected chi connectivity index (χ4v) is 3.90. The van der Waals surface area contributed by atoms with Crippen LogP contribution in [0.1, 0.15) is 29.5 Å². The Bertz CT molecular complexity index is 855. The van der Waals surface area contributed by atoms with Gasteiger partial charge in [-0.05, 0) is 31.4 Å². The number of aryl methyl sites for hydroxylation is 1. The van der Waals surface area contributed by atoms with Crippen molar-refractivity contribution in [3.8, 4) is 11.5 Å². The van der Waals surface area contributed by atoms with E-state index in [0.717, 1.165) is 17.5 Å². The number of benzene rings is 2. The summed E-state index contributed by atoms with van der Waals surface area (Å²) in [5.41, 5.74) is 1.79. The number of aliphatic hydroxyl groups is 1. The van der Waals surface area contributed by atoms with Gasteiger partial charge >= 0.3 is 0 Å². The van der Waals surface area contributed by atoms with E-state index < -0.39 is 5.60 Å². The molecular formula is C23H30N2O4. The average molecular weight is 399 g/mol. The van der Waals surface area contributed by atoms with Crippen molar-refractivity contribution in [1.29, 1.82) is 0 Å². The molecule has 0 unspecified atom stereocenters. The maximum absolute atomic E-state index is 13.1. The van der Waals surface area contributed by atoms with Gasteiger partial charge < -0.3 is 24.8 Å². The van der Waals surface area contributed by atoms with Gasteiger partial charge in [-0.1, -0.05) is 42.0 Å². The standard InChI is InChI=1S/C23H30N2O4/c1-17-7-4-8-18(13-17)14-24-16-23(27)11-6-12-25(22(23)26)15-19-9-5-10-20(28-2)21(19)29-3/h4-5,7-10,13,24,27H,6,11-12,14-16H2,1-3H3/t23-/m0/s1. The molecule has 2 aromatic rings. The van der Waals surface area contributed by atoms with E-state index in [1.165, 1.54) is 5.56 Å². The number of piperidine rings is 1. The van der Waals surface area contributed by atoms with E-state index >= 15 is 0 Å². The quantitative estimate of drug-likeness (QED) is 0.715. The van der Waals surface area contributed by atoms with Gasteiger partial charge in [0.15, 0.2) is 17.1 Å². The SMILES string of the molecule is COc1cccc(CN2CCC[C@](O)(CNCc3cccc(C)c3)C2=O)c1OC. The number of amides is 1. The lowest BCUT2D eigenvalue weighted by atomic mass is 9.91. The highest BCUT2D eigenvalue weighted by Gasteiger charge is 2.42. The zero-order valence-electron chi connectivity index (χ0n) is 17.4. The Kier molecular flexibility index (Phi) is 6.77. The Morgan fingerprint density at radius 1 is 1.17 bits per heavy atom. The van der Waals surface area contributed by atoms with Crippen LogP contribution in [0.25, 0.3) is 0 Å². The van der Waals surface area contributed by atoms with Crippen molar-refractivity contribution in [3.63, 3.8) is 0 Å². The molecule has 1 saturated heterocycles. The first-order valence-electron chi connectivity index (χ1n) is 9.95. The molecule has 2 N–H and O–H groups in total. The zero-order valence-corrected chi connectivity index (χ0v) is 17.4. The van der Waals surface area contributed by atoms with Crippen molar-refractivity contribution in [3.05, 3.63) is 59.2 Å². The molecular weight excluding hydrogens is 368 g/mol. The van der Waals surface area contributed by atoms with Crippen LogP contribution in [0.3, 0.4) is 0 Å². The van der Waals surface area contributed by atoms with Crippen LogP contribution in [0, 0.1) is 6.92 Å². The van der Waals surface area contributed by atoms with Crippen LogP contribution in [0.15, 0.2) is 42.5 Å². The van der Waals surface area contributed by atoms with Gasteiger partial charge in [0.1, 0.15) is 0 Å². The summed E-state index contributed by atoms with van der Waals surface area (Å²) in [6.45, 7) is 3.87. The average Bonchev–Trinajstić information content (AvgIpc) is 2.71. The van der Waals surface area contributed by atoms with Crippen LogP contribution >= 0.6 is 0 Å². The molecule has 1 aliphatic heterocycles. The molecule has 0 spiro atoms. The lowest BCUT2D eigenvalue weighted by Gasteiger charge is -2.38.